The van der Waals surface area contributed by atoms with E-state index < -0.39 is 0 Å². The number of H-pyrrole nitrogens is 1. The van der Waals surface area contributed by atoms with Crippen LogP contribution in [0.2, 0.25) is 0 Å². The van der Waals surface area contributed by atoms with Crippen molar-refractivity contribution in [3.8, 4) is 0 Å². The van der Waals surface area contributed by atoms with Crippen molar-refractivity contribution in [1.29, 1.82) is 0 Å². The van der Waals surface area contributed by atoms with E-state index in [4.69, 9.17) is 4.42 Å². The maximum atomic E-state index is 5.26. The minimum Gasteiger partial charge on any atom is -0.441 e. The van der Waals surface area contributed by atoms with Gasteiger partial charge in [-0.15, -0.1) is 11.3 Å². The molecule has 0 radical (unpaired) electrons. The first-order valence-corrected chi connectivity index (χ1v) is 10.7. The van der Waals surface area contributed by atoms with Gasteiger partial charge >= 0.3 is 0 Å². The first kappa shape index (κ1) is 19.9. The first-order valence-electron chi connectivity index (χ1n) is 9.90. The van der Waals surface area contributed by atoms with Crippen molar-refractivity contribution in [1.82, 2.24) is 9.97 Å². The summed E-state index contributed by atoms with van der Waals surface area (Å²) in [6.07, 6.45) is 0. The molecule has 0 bridgehead atoms. The summed E-state index contributed by atoms with van der Waals surface area (Å²) in [6, 6.07) is 28.9. The molecule has 0 atom stereocenters. The average molecular weight is 413 g/mol. The second-order valence-corrected chi connectivity index (χ2v) is 8.42. The molecule has 0 saturated heterocycles. The van der Waals surface area contributed by atoms with Crippen LogP contribution in [0.5, 0.6) is 0 Å². The Kier molecular flexibility index (Phi) is 5.96. The third-order valence-corrected chi connectivity index (χ3v) is 5.65. The van der Waals surface area contributed by atoms with Gasteiger partial charge in [-0.3, -0.25) is 0 Å². The van der Waals surface area contributed by atoms with E-state index >= 15 is 0 Å². The van der Waals surface area contributed by atoms with Crippen LogP contribution < -0.4 is 0 Å². The zero-order valence-electron chi connectivity index (χ0n) is 17.3. The van der Waals surface area contributed by atoms with Crippen LogP contribution in [0.4, 0.5) is 0 Å². The third-order valence-electron chi connectivity index (χ3n) is 4.61. The number of oxazole rings is 1. The van der Waals surface area contributed by atoms with Gasteiger partial charge in [-0.1, -0.05) is 48.5 Å². The number of nitrogens with zero attached hydrogens (tertiary/aromatic N) is 1. The van der Waals surface area contributed by atoms with Crippen LogP contribution >= 0.6 is 11.3 Å². The number of nitrogens with one attached hydrogen (secondary N) is 1. The van der Waals surface area contributed by atoms with E-state index in [0.717, 1.165) is 17.0 Å². The Morgan fingerprint density at radius 1 is 0.767 bits per heavy atom. The molecule has 0 amide bonds. The van der Waals surface area contributed by atoms with E-state index in [0.29, 0.717) is 0 Å². The highest BCUT2D eigenvalue weighted by Gasteiger charge is 1.97. The van der Waals surface area contributed by atoms with E-state index in [-0.39, 0.29) is 0 Å². The number of fused-ring (bicyclic) bond motifs is 3. The fraction of sp³-hybridized carbons (Fsp3) is 0.115. The molecule has 6 aromatic rings. The number of hydrogen-bond donors (Lipinski definition) is 1. The second-order valence-electron chi connectivity index (χ2n) is 7.14. The molecule has 30 heavy (non-hydrogen) atoms. The van der Waals surface area contributed by atoms with Gasteiger partial charge in [-0.05, 0) is 61.0 Å². The number of aryl methyl sites for hydroxylation is 3. The summed E-state index contributed by atoms with van der Waals surface area (Å²) in [7, 11) is 0. The van der Waals surface area contributed by atoms with Crippen molar-refractivity contribution >= 4 is 43.4 Å². The number of thiophene rings is 1. The van der Waals surface area contributed by atoms with Gasteiger partial charge in [0.2, 0.25) is 0 Å². The van der Waals surface area contributed by atoms with Crippen molar-refractivity contribution < 1.29 is 4.42 Å². The Bertz CT molecular complexity index is 1120. The lowest BCUT2D eigenvalue weighted by molar-refractivity contribution is 0.561. The fourth-order valence-electron chi connectivity index (χ4n) is 3.32. The molecule has 1 N–H and O–H groups in total. The van der Waals surface area contributed by atoms with Gasteiger partial charge in [0.25, 0.3) is 0 Å². The number of hydrogen-bond acceptors (Lipinski definition) is 3. The molecule has 3 heterocycles. The monoisotopic (exact) mass is 412 g/mol. The lowest BCUT2D eigenvalue weighted by Crippen LogP contribution is -1.65. The molecule has 0 spiro atoms. The van der Waals surface area contributed by atoms with Crippen LogP contribution in [0.3, 0.4) is 0 Å². The molecule has 0 aliphatic rings. The van der Waals surface area contributed by atoms with Crippen LogP contribution in [0.15, 0.2) is 89.3 Å². The minimum absolute atomic E-state index is 0.723. The lowest BCUT2D eigenvalue weighted by Gasteiger charge is -1.83. The van der Waals surface area contributed by atoms with Crippen molar-refractivity contribution in [2.24, 2.45) is 0 Å². The van der Waals surface area contributed by atoms with Crippen molar-refractivity contribution in [2.45, 2.75) is 20.8 Å². The predicted octanol–water partition coefficient (Wildman–Crippen LogP) is 7.82. The second kappa shape index (κ2) is 8.97. The zero-order valence-corrected chi connectivity index (χ0v) is 18.2. The van der Waals surface area contributed by atoms with E-state index in [1.165, 1.54) is 31.6 Å². The van der Waals surface area contributed by atoms with Gasteiger partial charge in [0.05, 0.1) is 0 Å². The van der Waals surface area contributed by atoms with Crippen LogP contribution in [-0.2, 0) is 0 Å². The van der Waals surface area contributed by atoms with Crippen molar-refractivity contribution in [3.63, 3.8) is 0 Å². The summed E-state index contributed by atoms with van der Waals surface area (Å²) in [5.74, 6) is 0.723. The molecule has 6 rings (SSSR count). The van der Waals surface area contributed by atoms with E-state index in [2.05, 4.69) is 78.4 Å². The summed E-state index contributed by atoms with van der Waals surface area (Å²) in [4.78, 5) is 8.79. The average Bonchev–Trinajstić information content (AvgIpc) is 3.41. The fourth-order valence-corrected chi connectivity index (χ4v) is 4.24. The van der Waals surface area contributed by atoms with Gasteiger partial charge in [0, 0.05) is 27.7 Å². The van der Waals surface area contributed by atoms with Gasteiger partial charge in [0.15, 0.2) is 11.5 Å². The summed E-state index contributed by atoms with van der Waals surface area (Å²) in [6.45, 7) is 6.06. The number of rotatable bonds is 0. The number of benzene rings is 3. The summed E-state index contributed by atoms with van der Waals surface area (Å²) >= 11 is 1.85. The Balaban J connectivity index is 0.000000109. The maximum Gasteiger partial charge on any atom is 0.192 e. The van der Waals surface area contributed by atoms with Crippen molar-refractivity contribution in [3.05, 3.63) is 101 Å². The lowest BCUT2D eigenvalue weighted by atomic mass is 10.2. The number of aromatic amines is 1. The zero-order chi connectivity index (χ0) is 20.9. The quantitative estimate of drug-likeness (QED) is 0.276. The molecule has 0 saturated carbocycles. The van der Waals surface area contributed by atoms with Crippen LogP contribution in [0.25, 0.3) is 32.1 Å². The van der Waals surface area contributed by atoms with E-state index in [9.17, 15) is 0 Å². The first-order chi connectivity index (χ1) is 14.6. The predicted molar refractivity (Wildman–Crippen MR) is 128 cm³/mol. The summed E-state index contributed by atoms with van der Waals surface area (Å²) < 4.78 is 6.65. The Morgan fingerprint density at radius 2 is 1.47 bits per heavy atom. The smallest absolute Gasteiger partial charge is 0.192 e. The molecule has 150 valence electrons. The molecular formula is C26H24N2OS. The SMILES string of the molecule is Cc1cc2ccccc2[nH]1.Cc1cc2ccccc2s1.Cc1nc2ccccc2o1. The Labute approximate surface area is 180 Å². The topological polar surface area (TPSA) is 41.8 Å². The standard InChI is InChI=1S/C9H9N.C9H8S.C8H7NO/c2*1-7-6-8-4-2-3-5-9(8)10-7;1-6-9-7-4-2-3-5-8(7)10-6/h2-6,10H,1H3;2-6H,1H3;2-5H,1H3. The maximum absolute atomic E-state index is 5.26. The van der Waals surface area contributed by atoms with Crippen LogP contribution in [0.1, 0.15) is 16.5 Å². The molecular weight excluding hydrogens is 388 g/mol. The van der Waals surface area contributed by atoms with Gasteiger partial charge in [-0.25, -0.2) is 4.98 Å². The van der Waals surface area contributed by atoms with E-state index in [1.807, 2.05) is 48.6 Å². The molecule has 0 unspecified atom stereocenters. The molecule has 4 heteroatoms. The summed E-state index contributed by atoms with van der Waals surface area (Å²) in [5.41, 5.74) is 4.24. The minimum atomic E-state index is 0.723. The Hall–Kier alpha value is -3.37. The largest absolute Gasteiger partial charge is 0.441 e. The highest BCUT2D eigenvalue weighted by molar-refractivity contribution is 7.19. The summed E-state index contributed by atoms with van der Waals surface area (Å²) in [5, 5.41) is 2.66. The number of aromatic nitrogens is 2. The Morgan fingerprint density at radius 3 is 2.23 bits per heavy atom. The highest BCUT2D eigenvalue weighted by Crippen LogP contribution is 2.23. The molecule has 3 aromatic carbocycles. The van der Waals surface area contributed by atoms with Crippen molar-refractivity contribution in [2.75, 3.05) is 0 Å². The molecule has 0 aliphatic carbocycles. The van der Waals surface area contributed by atoms with Crippen LogP contribution in [0, 0.1) is 20.8 Å². The van der Waals surface area contributed by atoms with Gasteiger partial charge in [-0.2, -0.15) is 0 Å². The number of para-hydroxylation sites is 3. The third kappa shape index (κ3) is 4.78. The molecule has 0 aliphatic heterocycles. The van der Waals surface area contributed by atoms with Crippen LogP contribution in [-0.4, -0.2) is 9.97 Å². The molecule has 0 fully saturated rings. The molecule has 3 aromatic heterocycles. The molecule has 3 nitrogen and oxygen atoms in total. The normalized spacial score (nSPS) is 10.5. The van der Waals surface area contributed by atoms with E-state index in [1.54, 1.807) is 0 Å². The van der Waals surface area contributed by atoms with Gasteiger partial charge in [0.1, 0.15) is 5.52 Å². The van der Waals surface area contributed by atoms with Gasteiger partial charge < -0.3 is 9.40 Å². The highest BCUT2D eigenvalue weighted by atomic mass is 32.1.